The van der Waals surface area contributed by atoms with Crippen molar-refractivity contribution in [1.29, 1.82) is 0 Å². The van der Waals surface area contributed by atoms with Crippen LogP contribution in [0.25, 0.3) is 0 Å². The zero-order valence-electron chi connectivity index (χ0n) is 6.92. The van der Waals surface area contributed by atoms with E-state index in [0.29, 0.717) is 19.5 Å². The van der Waals surface area contributed by atoms with Crippen LogP contribution in [0.3, 0.4) is 0 Å². The fourth-order valence-corrected chi connectivity index (χ4v) is 1.28. The molecule has 2 N–H and O–H groups in total. The van der Waals surface area contributed by atoms with E-state index in [-0.39, 0.29) is 6.03 Å². The Morgan fingerprint density at radius 1 is 1.73 bits per heavy atom. The molecule has 0 aromatic rings. The monoisotopic (exact) mass is 158 g/mol. The Kier molecular flexibility index (Phi) is 2.04. The predicted molar refractivity (Wildman–Crippen MR) is 41.3 cm³/mol. The Labute approximate surface area is 66.2 Å². The summed E-state index contributed by atoms with van der Waals surface area (Å²) in [4.78, 5) is 12.6. The number of likely N-dealkylation sites (tertiary alicyclic amines) is 1. The van der Waals surface area contributed by atoms with Crippen molar-refractivity contribution in [3.63, 3.8) is 0 Å². The predicted octanol–water partition coefficient (Wildman–Crippen LogP) is -0.217. The second-order valence-corrected chi connectivity index (χ2v) is 3.22. The molecule has 64 valence electrons. The lowest BCUT2D eigenvalue weighted by Crippen LogP contribution is -2.39. The number of aliphatic hydroxyl groups is 1. The normalized spacial score (nSPS) is 30.6. The van der Waals surface area contributed by atoms with Gasteiger partial charge in [0, 0.05) is 13.6 Å². The topological polar surface area (TPSA) is 52.6 Å². The summed E-state index contributed by atoms with van der Waals surface area (Å²) in [7, 11) is 1.59. The lowest BCUT2D eigenvalue weighted by atomic mass is 10.1. The van der Waals surface area contributed by atoms with Crippen LogP contribution < -0.4 is 5.32 Å². The molecule has 4 heteroatoms. The van der Waals surface area contributed by atoms with Crippen molar-refractivity contribution in [2.24, 2.45) is 0 Å². The molecule has 1 rings (SSSR count). The molecule has 0 saturated carbocycles. The van der Waals surface area contributed by atoms with Gasteiger partial charge in [-0.25, -0.2) is 4.79 Å². The van der Waals surface area contributed by atoms with Gasteiger partial charge in [-0.3, -0.25) is 0 Å². The molecule has 1 saturated heterocycles. The van der Waals surface area contributed by atoms with Crippen LogP contribution in [0.5, 0.6) is 0 Å². The Morgan fingerprint density at radius 2 is 2.36 bits per heavy atom. The van der Waals surface area contributed by atoms with E-state index in [1.807, 2.05) is 0 Å². The molecular formula is C7H14N2O2. The number of rotatable bonds is 0. The summed E-state index contributed by atoms with van der Waals surface area (Å²) in [6.07, 6.45) is 0.667. The van der Waals surface area contributed by atoms with Gasteiger partial charge in [-0.1, -0.05) is 0 Å². The summed E-state index contributed by atoms with van der Waals surface area (Å²) in [5.74, 6) is 0. The van der Waals surface area contributed by atoms with E-state index in [9.17, 15) is 9.90 Å². The summed E-state index contributed by atoms with van der Waals surface area (Å²) in [5.41, 5.74) is -0.688. The highest BCUT2D eigenvalue weighted by atomic mass is 16.3. The summed E-state index contributed by atoms with van der Waals surface area (Å²) < 4.78 is 0. The third-order valence-corrected chi connectivity index (χ3v) is 1.95. The van der Waals surface area contributed by atoms with Crippen molar-refractivity contribution in [3.05, 3.63) is 0 Å². The Hall–Kier alpha value is -0.770. The van der Waals surface area contributed by atoms with Gasteiger partial charge in [-0.05, 0) is 13.3 Å². The van der Waals surface area contributed by atoms with Gasteiger partial charge in [0.2, 0.25) is 0 Å². The van der Waals surface area contributed by atoms with E-state index >= 15 is 0 Å². The largest absolute Gasteiger partial charge is 0.388 e. The van der Waals surface area contributed by atoms with Gasteiger partial charge in [0.05, 0.1) is 12.1 Å². The van der Waals surface area contributed by atoms with E-state index in [2.05, 4.69) is 5.32 Å². The van der Waals surface area contributed by atoms with Gasteiger partial charge in [0.15, 0.2) is 0 Å². The first-order valence-electron chi connectivity index (χ1n) is 3.74. The molecular weight excluding hydrogens is 144 g/mol. The maximum atomic E-state index is 11.0. The molecule has 0 spiro atoms. The van der Waals surface area contributed by atoms with E-state index in [4.69, 9.17) is 0 Å². The number of carbonyl (C=O) groups excluding carboxylic acids is 1. The highest BCUT2D eigenvalue weighted by Crippen LogP contribution is 2.19. The van der Waals surface area contributed by atoms with Crippen molar-refractivity contribution in [1.82, 2.24) is 10.2 Å². The van der Waals surface area contributed by atoms with Gasteiger partial charge in [0.25, 0.3) is 0 Å². The SMILES string of the molecule is CNC(=O)N1CCC(C)(O)C1. The number of hydrogen-bond acceptors (Lipinski definition) is 2. The number of amides is 2. The average Bonchev–Trinajstić information content (AvgIpc) is 2.29. The van der Waals surface area contributed by atoms with Crippen LogP contribution in [0.4, 0.5) is 4.79 Å². The van der Waals surface area contributed by atoms with Crippen LogP contribution in [-0.2, 0) is 0 Å². The Morgan fingerprint density at radius 3 is 2.73 bits per heavy atom. The first kappa shape index (κ1) is 8.33. The van der Waals surface area contributed by atoms with Crippen molar-refractivity contribution >= 4 is 6.03 Å². The molecule has 0 aromatic carbocycles. The minimum atomic E-state index is -0.688. The number of carbonyl (C=O) groups is 1. The Balaban J connectivity index is 2.48. The number of nitrogens with zero attached hydrogens (tertiary/aromatic N) is 1. The highest BCUT2D eigenvalue weighted by Gasteiger charge is 2.33. The summed E-state index contributed by atoms with van der Waals surface area (Å²) >= 11 is 0. The Bertz CT molecular complexity index is 168. The van der Waals surface area contributed by atoms with Gasteiger partial charge >= 0.3 is 6.03 Å². The maximum absolute atomic E-state index is 11.0. The van der Waals surface area contributed by atoms with Crippen molar-refractivity contribution in [2.75, 3.05) is 20.1 Å². The fourth-order valence-electron chi connectivity index (χ4n) is 1.28. The highest BCUT2D eigenvalue weighted by molar-refractivity contribution is 5.74. The van der Waals surface area contributed by atoms with E-state index < -0.39 is 5.60 Å². The van der Waals surface area contributed by atoms with Gasteiger partial charge in [-0.15, -0.1) is 0 Å². The average molecular weight is 158 g/mol. The number of urea groups is 1. The van der Waals surface area contributed by atoms with E-state index in [1.54, 1.807) is 18.9 Å². The quantitative estimate of drug-likeness (QED) is 0.512. The fraction of sp³-hybridized carbons (Fsp3) is 0.857. The third-order valence-electron chi connectivity index (χ3n) is 1.95. The molecule has 1 aliphatic heterocycles. The molecule has 1 aliphatic rings. The number of nitrogens with one attached hydrogen (secondary N) is 1. The zero-order chi connectivity index (χ0) is 8.48. The minimum absolute atomic E-state index is 0.109. The molecule has 0 aliphatic carbocycles. The molecule has 0 bridgehead atoms. The summed E-state index contributed by atoms with van der Waals surface area (Å²) in [6.45, 7) is 2.83. The van der Waals surface area contributed by atoms with Crippen LogP contribution in [0.15, 0.2) is 0 Å². The molecule has 2 amide bonds. The number of hydrogen-bond donors (Lipinski definition) is 2. The van der Waals surface area contributed by atoms with Crippen LogP contribution in [0.1, 0.15) is 13.3 Å². The van der Waals surface area contributed by atoms with E-state index in [0.717, 1.165) is 0 Å². The maximum Gasteiger partial charge on any atom is 0.317 e. The van der Waals surface area contributed by atoms with Gasteiger partial charge < -0.3 is 15.3 Å². The summed E-state index contributed by atoms with van der Waals surface area (Å²) in [5, 5.41) is 12.0. The molecule has 0 aromatic heterocycles. The van der Waals surface area contributed by atoms with Crippen molar-refractivity contribution in [2.45, 2.75) is 18.9 Å². The second-order valence-electron chi connectivity index (χ2n) is 3.22. The third kappa shape index (κ3) is 1.83. The van der Waals surface area contributed by atoms with Crippen molar-refractivity contribution < 1.29 is 9.90 Å². The molecule has 1 heterocycles. The second kappa shape index (κ2) is 2.70. The van der Waals surface area contributed by atoms with Crippen molar-refractivity contribution in [3.8, 4) is 0 Å². The molecule has 0 radical (unpaired) electrons. The standard InChI is InChI=1S/C7H14N2O2/c1-7(11)3-4-9(5-7)6(10)8-2/h11H,3-5H2,1-2H3,(H,8,10). The molecule has 1 atom stereocenters. The van der Waals surface area contributed by atoms with Crippen LogP contribution >= 0.6 is 0 Å². The first-order chi connectivity index (χ1) is 5.05. The minimum Gasteiger partial charge on any atom is -0.388 e. The zero-order valence-corrected chi connectivity index (χ0v) is 6.92. The molecule has 1 fully saturated rings. The lowest BCUT2D eigenvalue weighted by Gasteiger charge is -2.18. The van der Waals surface area contributed by atoms with Crippen LogP contribution in [0, 0.1) is 0 Å². The van der Waals surface area contributed by atoms with Crippen LogP contribution in [0.2, 0.25) is 0 Å². The van der Waals surface area contributed by atoms with Gasteiger partial charge in [-0.2, -0.15) is 0 Å². The summed E-state index contributed by atoms with van der Waals surface area (Å²) in [6, 6.07) is -0.109. The van der Waals surface area contributed by atoms with E-state index in [1.165, 1.54) is 0 Å². The first-order valence-corrected chi connectivity index (χ1v) is 3.74. The van der Waals surface area contributed by atoms with Gasteiger partial charge in [0.1, 0.15) is 0 Å². The van der Waals surface area contributed by atoms with Crippen LogP contribution in [-0.4, -0.2) is 41.8 Å². The lowest BCUT2D eigenvalue weighted by molar-refractivity contribution is 0.0720. The molecule has 1 unspecified atom stereocenters. The smallest absolute Gasteiger partial charge is 0.317 e. The molecule has 11 heavy (non-hydrogen) atoms. The number of β-amino-alcohol motifs (C(OH)–C–C–N with tert-alkyl or cyclic N) is 1. The molecule has 4 nitrogen and oxygen atoms in total.